The molecule has 0 spiro atoms. The first kappa shape index (κ1) is 10.6. The van der Waals surface area contributed by atoms with Crippen molar-refractivity contribution in [3.05, 3.63) is 18.2 Å². The molecule has 1 saturated carbocycles. The minimum atomic E-state index is -0.181. The molecule has 0 bridgehead atoms. The summed E-state index contributed by atoms with van der Waals surface area (Å²) in [5.74, 6) is 1.02. The number of aliphatic hydroxyl groups is 1. The number of aliphatic hydroxyl groups excluding tert-OH is 1. The van der Waals surface area contributed by atoms with Crippen LogP contribution in [0.3, 0.4) is 0 Å². The van der Waals surface area contributed by atoms with Crippen LogP contribution in [0.1, 0.15) is 31.5 Å². The zero-order chi connectivity index (χ0) is 10.7. The van der Waals surface area contributed by atoms with Gasteiger partial charge in [0.1, 0.15) is 5.82 Å². The molecule has 1 aliphatic carbocycles. The minimum Gasteiger partial charge on any atom is -0.392 e. The Morgan fingerprint density at radius 1 is 1.53 bits per heavy atom. The largest absolute Gasteiger partial charge is 0.392 e. The van der Waals surface area contributed by atoms with Gasteiger partial charge in [-0.05, 0) is 12.8 Å². The summed E-state index contributed by atoms with van der Waals surface area (Å²) in [4.78, 5) is 4.24. The Balaban J connectivity index is 1.84. The minimum absolute atomic E-state index is 0.181. The third kappa shape index (κ3) is 2.58. The Morgan fingerprint density at radius 2 is 2.33 bits per heavy atom. The van der Waals surface area contributed by atoms with E-state index in [-0.39, 0.29) is 12.1 Å². The van der Waals surface area contributed by atoms with Crippen LogP contribution < -0.4 is 5.32 Å². The van der Waals surface area contributed by atoms with Crippen LogP contribution in [0.5, 0.6) is 0 Å². The molecule has 4 nitrogen and oxygen atoms in total. The van der Waals surface area contributed by atoms with Crippen molar-refractivity contribution in [3.8, 4) is 0 Å². The Hall–Kier alpha value is -0.870. The van der Waals surface area contributed by atoms with E-state index in [4.69, 9.17) is 0 Å². The van der Waals surface area contributed by atoms with Crippen LogP contribution in [-0.2, 0) is 13.6 Å². The Morgan fingerprint density at radius 3 is 3.00 bits per heavy atom. The molecule has 4 heteroatoms. The molecule has 2 rings (SSSR count). The molecule has 2 N–H and O–H groups in total. The van der Waals surface area contributed by atoms with E-state index in [1.165, 1.54) is 6.42 Å². The van der Waals surface area contributed by atoms with Gasteiger partial charge in [-0.1, -0.05) is 12.8 Å². The smallest absolute Gasteiger partial charge is 0.122 e. The summed E-state index contributed by atoms with van der Waals surface area (Å²) >= 11 is 0. The molecule has 1 aromatic heterocycles. The van der Waals surface area contributed by atoms with Crippen molar-refractivity contribution in [3.63, 3.8) is 0 Å². The zero-order valence-electron chi connectivity index (χ0n) is 9.19. The average molecular weight is 209 g/mol. The summed E-state index contributed by atoms with van der Waals surface area (Å²) < 4.78 is 2.00. The first-order valence-electron chi connectivity index (χ1n) is 5.65. The van der Waals surface area contributed by atoms with Gasteiger partial charge in [0.25, 0.3) is 0 Å². The fourth-order valence-electron chi connectivity index (χ4n) is 2.14. The molecule has 15 heavy (non-hydrogen) atoms. The highest BCUT2D eigenvalue weighted by Crippen LogP contribution is 2.18. The summed E-state index contributed by atoms with van der Waals surface area (Å²) in [5, 5.41) is 13.2. The molecule has 0 radical (unpaired) electrons. The van der Waals surface area contributed by atoms with E-state index in [2.05, 4.69) is 10.3 Å². The van der Waals surface area contributed by atoms with Crippen LogP contribution in [0, 0.1) is 0 Å². The normalized spacial score (nSPS) is 26.8. The van der Waals surface area contributed by atoms with Gasteiger partial charge in [0, 0.05) is 25.5 Å². The van der Waals surface area contributed by atoms with Crippen LogP contribution in [0.2, 0.25) is 0 Å². The van der Waals surface area contributed by atoms with Gasteiger partial charge in [-0.2, -0.15) is 0 Å². The van der Waals surface area contributed by atoms with Gasteiger partial charge in [0.15, 0.2) is 0 Å². The monoisotopic (exact) mass is 209 g/mol. The molecule has 0 amide bonds. The van der Waals surface area contributed by atoms with Gasteiger partial charge in [-0.25, -0.2) is 4.98 Å². The van der Waals surface area contributed by atoms with E-state index >= 15 is 0 Å². The third-order valence-electron chi connectivity index (χ3n) is 3.17. The summed E-state index contributed by atoms with van der Waals surface area (Å²) in [7, 11) is 1.99. The number of aryl methyl sites for hydroxylation is 1. The lowest BCUT2D eigenvalue weighted by Gasteiger charge is -2.28. The second kappa shape index (κ2) is 4.77. The number of aromatic nitrogens is 2. The number of imidazole rings is 1. The summed E-state index contributed by atoms with van der Waals surface area (Å²) in [5.41, 5.74) is 0. The van der Waals surface area contributed by atoms with E-state index in [1.54, 1.807) is 6.20 Å². The van der Waals surface area contributed by atoms with Gasteiger partial charge < -0.3 is 15.0 Å². The molecule has 1 fully saturated rings. The van der Waals surface area contributed by atoms with E-state index < -0.39 is 0 Å². The van der Waals surface area contributed by atoms with Crippen molar-refractivity contribution >= 4 is 0 Å². The molecule has 0 aliphatic heterocycles. The van der Waals surface area contributed by atoms with Gasteiger partial charge >= 0.3 is 0 Å². The SMILES string of the molecule is Cn1ccnc1CNC1CCCCC1O. The van der Waals surface area contributed by atoms with Crippen LogP contribution in [0.25, 0.3) is 0 Å². The molecule has 1 aromatic rings. The van der Waals surface area contributed by atoms with Crippen molar-refractivity contribution in [2.45, 2.75) is 44.4 Å². The summed E-state index contributed by atoms with van der Waals surface area (Å²) in [6.45, 7) is 0.741. The second-order valence-electron chi connectivity index (χ2n) is 4.29. The fourth-order valence-corrected chi connectivity index (χ4v) is 2.14. The van der Waals surface area contributed by atoms with Crippen LogP contribution in [-0.4, -0.2) is 26.8 Å². The Bertz CT molecular complexity index is 311. The predicted octanol–water partition coefficient (Wildman–Crippen LogP) is 0.813. The van der Waals surface area contributed by atoms with Gasteiger partial charge in [0.05, 0.1) is 12.6 Å². The van der Waals surface area contributed by atoms with Gasteiger partial charge in [-0.3, -0.25) is 0 Å². The lowest BCUT2D eigenvalue weighted by atomic mass is 9.93. The van der Waals surface area contributed by atoms with Crippen molar-refractivity contribution < 1.29 is 5.11 Å². The van der Waals surface area contributed by atoms with Crippen molar-refractivity contribution in [1.82, 2.24) is 14.9 Å². The standard InChI is InChI=1S/C11H19N3O/c1-14-7-6-12-11(14)8-13-9-4-2-3-5-10(9)15/h6-7,9-10,13,15H,2-5,8H2,1H3. The van der Waals surface area contributed by atoms with Crippen molar-refractivity contribution in [2.75, 3.05) is 0 Å². The molecule has 84 valence electrons. The zero-order valence-corrected chi connectivity index (χ0v) is 9.19. The first-order valence-corrected chi connectivity index (χ1v) is 5.65. The number of hydrogen-bond donors (Lipinski definition) is 2. The molecular weight excluding hydrogens is 190 g/mol. The van der Waals surface area contributed by atoms with Crippen molar-refractivity contribution in [1.29, 1.82) is 0 Å². The van der Waals surface area contributed by atoms with E-state index in [1.807, 2.05) is 17.8 Å². The fraction of sp³-hybridized carbons (Fsp3) is 0.727. The maximum atomic E-state index is 9.78. The average Bonchev–Trinajstić information content (AvgIpc) is 2.63. The second-order valence-corrected chi connectivity index (χ2v) is 4.29. The molecule has 2 atom stereocenters. The predicted molar refractivity (Wildman–Crippen MR) is 58.3 cm³/mol. The molecule has 1 heterocycles. The number of hydrogen-bond acceptors (Lipinski definition) is 3. The lowest BCUT2D eigenvalue weighted by molar-refractivity contribution is 0.0898. The topological polar surface area (TPSA) is 50.1 Å². The van der Waals surface area contributed by atoms with Crippen LogP contribution in [0.4, 0.5) is 0 Å². The van der Waals surface area contributed by atoms with E-state index in [0.717, 1.165) is 31.6 Å². The quantitative estimate of drug-likeness (QED) is 0.774. The molecule has 1 aliphatic rings. The van der Waals surface area contributed by atoms with E-state index in [0.29, 0.717) is 0 Å². The number of nitrogens with one attached hydrogen (secondary N) is 1. The third-order valence-corrected chi connectivity index (χ3v) is 3.17. The van der Waals surface area contributed by atoms with Crippen LogP contribution in [0.15, 0.2) is 12.4 Å². The Labute approximate surface area is 90.3 Å². The Kier molecular flexibility index (Phi) is 3.38. The lowest BCUT2D eigenvalue weighted by Crippen LogP contribution is -2.41. The molecule has 0 aromatic carbocycles. The highest BCUT2D eigenvalue weighted by molar-refractivity contribution is 4.92. The molecule has 0 saturated heterocycles. The van der Waals surface area contributed by atoms with Crippen LogP contribution >= 0.6 is 0 Å². The number of nitrogens with zero attached hydrogens (tertiary/aromatic N) is 2. The van der Waals surface area contributed by atoms with Gasteiger partial charge in [-0.15, -0.1) is 0 Å². The van der Waals surface area contributed by atoms with Crippen molar-refractivity contribution in [2.24, 2.45) is 7.05 Å². The molecular formula is C11H19N3O. The van der Waals surface area contributed by atoms with Gasteiger partial charge in [0.2, 0.25) is 0 Å². The molecule has 2 unspecified atom stereocenters. The summed E-state index contributed by atoms with van der Waals surface area (Å²) in [6, 6.07) is 0.246. The highest BCUT2D eigenvalue weighted by Gasteiger charge is 2.22. The highest BCUT2D eigenvalue weighted by atomic mass is 16.3. The summed E-state index contributed by atoms with van der Waals surface area (Å²) in [6.07, 6.45) is 7.93. The number of rotatable bonds is 3. The van der Waals surface area contributed by atoms with E-state index in [9.17, 15) is 5.11 Å². The first-order chi connectivity index (χ1) is 7.27. The maximum absolute atomic E-state index is 9.78. The maximum Gasteiger partial charge on any atom is 0.122 e.